The van der Waals surface area contributed by atoms with Gasteiger partial charge in [0.05, 0.1) is 10.9 Å². The number of rotatable bonds is 2. The summed E-state index contributed by atoms with van der Waals surface area (Å²) in [5.74, 6) is 1.87. The van der Waals surface area contributed by atoms with E-state index in [2.05, 4.69) is 9.88 Å². The van der Waals surface area contributed by atoms with E-state index in [0.29, 0.717) is 23.0 Å². The van der Waals surface area contributed by atoms with Crippen molar-refractivity contribution in [3.63, 3.8) is 0 Å². The molecule has 1 aromatic carbocycles. The molecule has 4 bridgehead atoms. The summed E-state index contributed by atoms with van der Waals surface area (Å²) in [7, 11) is 0. The van der Waals surface area contributed by atoms with Crippen LogP contribution in [0.25, 0.3) is 10.9 Å². The Morgan fingerprint density at radius 2 is 1.40 bits per heavy atom. The van der Waals surface area contributed by atoms with Crippen molar-refractivity contribution in [2.75, 3.05) is 0 Å². The van der Waals surface area contributed by atoms with Crippen molar-refractivity contribution in [2.45, 2.75) is 94.8 Å². The van der Waals surface area contributed by atoms with E-state index in [0.717, 1.165) is 30.7 Å². The first-order chi connectivity index (χ1) is 14.7. The van der Waals surface area contributed by atoms with E-state index in [4.69, 9.17) is 0 Å². The summed E-state index contributed by atoms with van der Waals surface area (Å²) in [5, 5.41) is 0.629. The maximum Gasteiger partial charge on any atom is 0.329 e. The van der Waals surface area contributed by atoms with Crippen molar-refractivity contribution in [1.29, 1.82) is 0 Å². The van der Waals surface area contributed by atoms with E-state index < -0.39 is 0 Å². The maximum atomic E-state index is 13.2. The average Bonchev–Trinajstić information content (AvgIpc) is 2.73. The van der Waals surface area contributed by atoms with Crippen LogP contribution in [0.2, 0.25) is 0 Å². The monoisotopic (exact) mass is 407 g/mol. The Morgan fingerprint density at radius 3 is 2.13 bits per heavy atom. The minimum atomic E-state index is -0.234. The van der Waals surface area contributed by atoms with Crippen LogP contribution in [0.3, 0.4) is 0 Å². The molecule has 30 heavy (non-hydrogen) atoms. The van der Waals surface area contributed by atoms with E-state index in [1.807, 2.05) is 24.3 Å². The van der Waals surface area contributed by atoms with Crippen LogP contribution in [-0.4, -0.2) is 32.6 Å². The summed E-state index contributed by atoms with van der Waals surface area (Å²) in [5.41, 5.74) is 0.301. The Balaban J connectivity index is 1.31. The Bertz CT molecular complexity index is 1030. The average molecular weight is 408 g/mol. The van der Waals surface area contributed by atoms with Gasteiger partial charge >= 0.3 is 5.69 Å². The van der Waals surface area contributed by atoms with Crippen LogP contribution in [0, 0.1) is 11.8 Å². The number of hydrogen-bond donors (Lipinski definition) is 1. The van der Waals surface area contributed by atoms with E-state index >= 15 is 0 Å². The molecule has 2 unspecified atom stereocenters. The van der Waals surface area contributed by atoms with Gasteiger partial charge in [0.1, 0.15) is 0 Å². The van der Waals surface area contributed by atoms with Crippen molar-refractivity contribution in [3.05, 3.63) is 45.1 Å². The summed E-state index contributed by atoms with van der Waals surface area (Å²) in [4.78, 5) is 31.9. The Kier molecular flexibility index (Phi) is 4.63. The molecule has 160 valence electrons. The van der Waals surface area contributed by atoms with E-state index in [9.17, 15) is 9.59 Å². The Hall–Kier alpha value is -1.88. The number of piperidine rings is 2. The van der Waals surface area contributed by atoms with Crippen LogP contribution in [0.1, 0.15) is 76.7 Å². The predicted molar refractivity (Wildman–Crippen MR) is 119 cm³/mol. The first-order valence-corrected chi connectivity index (χ1v) is 12.2. The normalized spacial score (nSPS) is 36.7. The molecular weight excluding hydrogens is 374 g/mol. The van der Waals surface area contributed by atoms with Gasteiger partial charge in [-0.1, -0.05) is 37.8 Å². The molecule has 0 spiro atoms. The molecule has 2 saturated carbocycles. The van der Waals surface area contributed by atoms with Crippen LogP contribution in [0.5, 0.6) is 0 Å². The number of H-pyrrole nitrogens is 1. The summed E-state index contributed by atoms with van der Waals surface area (Å²) < 4.78 is 1.56. The molecule has 1 aromatic heterocycles. The molecule has 2 aromatic rings. The predicted octanol–water partition coefficient (Wildman–Crippen LogP) is 4.22. The van der Waals surface area contributed by atoms with Gasteiger partial charge in [-0.25, -0.2) is 4.79 Å². The number of fused-ring (bicyclic) bond motifs is 5. The third-order valence-electron chi connectivity index (χ3n) is 8.73. The van der Waals surface area contributed by atoms with Crippen LogP contribution < -0.4 is 11.2 Å². The highest BCUT2D eigenvalue weighted by atomic mass is 16.2. The largest absolute Gasteiger partial charge is 0.329 e. The van der Waals surface area contributed by atoms with Gasteiger partial charge in [-0.3, -0.25) is 14.3 Å². The second kappa shape index (κ2) is 7.37. The first-order valence-electron chi connectivity index (χ1n) is 12.2. The third kappa shape index (κ3) is 3.08. The fraction of sp³-hybridized carbons (Fsp3) is 0.680. The quantitative estimate of drug-likeness (QED) is 0.811. The molecule has 2 aliphatic heterocycles. The van der Waals surface area contributed by atoms with Gasteiger partial charge in [-0.05, 0) is 68.9 Å². The van der Waals surface area contributed by atoms with Crippen molar-refractivity contribution in [2.24, 2.45) is 11.8 Å². The smallest absolute Gasteiger partial charge is 0.307 e. The second-order valence-electron chi connectivity index (χ2n) is 10.5. The molecule has 6 atom stereocenters. The highest BCUT2D eigenvalue weighted by Crippen LogP contribution is 2.47. The van der Waals surface area contributed by atoms with E-state index in [1.165, 1.54) is 57.8 Å². The number of nitrogens with zero attached hydrogens (tertiary/aromatic N) is 2. The number of nitrogens with one attached hydrogen (secondary N) is 1. The summed E-state index contributed by atoms with van der Waals surface area (Å²) in [6.45, 7) is 0. The van der Waals surface area contributed by atoms with Crippen molar-refractivity contribution in [1.82, 2.24) is 14.5 Å². The standard InChI is InChI=1S/C25H33N3O2/c29-24-22-9-1-2-10-23(22)26-25(30)28(24)21-14-18-7-4-8-19(15-21)27(18)20-12-16-5-3-6-17(11-16)13-20/h1-2,9-10,16-21H,3-8,11-15H2,(H,26,30)/t16-,17+,18-,19+,20?,21?. The number of para-hydroxylation sites is 1. The van der Waals surface area contributed by atoms with Gasteiger partial charge in [0.2, 0.25) is 0 Å². The fourth-order valence-corrected chi connectivity index (χ4v) is 7.64. The molecule has 4 aliphatic rings. The number of aromatic nitrogens is 2. The summed E-state index contributed by atoms with van der Waals surface area (Å²) in [6, 6.07) is 9.22. The lowest BCUT2D eigenvalue weighted by atomic mass is 9.68. The molecule has 0 radical (unpaired) electrons. The number of aromatic amines is 1. The zero-order chi connectivity index (χ0) is 20.2. The van der Waals surface area contributed by atoms with E-state index in [-0.39, 0.29) is 17.3 Å². The summed E-state index contributed by atoms with van der Waals surface area (Å²) in [6.07, 6.45) is 14.2. The van der Waals surface area contributed by atoms with Gasteiger partial charge in [-0.15, -0.1) is 0 Å². The Morgan fingerprint density at radius 1 is 0.733 bits per heavy atom. The van der Waals surface area contributed by atoms with Gasteiger partial charge in [-0.2, -0.15) is 0 Å². The molecule has 4 fully saturated rings. The molecule has 2 aliphatic carbocycles. The van der Waals surface area contributed by atoms with Crippen LogP contribution >= 0.6 is 0 Å². The van der Waals surface area contributed by atoms with Crippen molar-refractivity contribution >= 4 is 10.9 Å². The molecule has 6 rings (SSSR count). The highest BCUT2D eigenvalue weighted by molar-refractivity contribution is 5.76. The maximum absolute atomic E-state index is 13.2. The topological polar surface area (TPSA) is 58.1 Å². The zero-order valence-corrected chi connectivity index (χ0v) is 17.8. The molecule has 1 N–H and O–H groups in total. The Labute approximate surface area is 177 Å². The van der Waals surface area contributed by atoms with E-state index in [1.54, 1.807) is 4.57 Å². The fourth-order valence-electron chi connectivity index (χ4n) is 7.64. The van der Waals surface area contributed by atoms with Crippen LogP contribution in [0.15, 0.2) is 33.9 Å². The number of hydrogen-bond acceptors (Lipinski definition) is 3. The number of benzene rings is 1. The molecule has 2 saturated heterocycles. The van der Waals surface area contributed by atoms with Gasteiger partial charge in [0, 0.05) is 24.2 Å². The molecule has 0 amide bonds. The van der Waals surface area contributed by atoms with Gasteiger partial charge in [0.25, 0.3) is 5.56 Å². The van der Waals surface area contributed by atoms with Gasteiger partial charge < -0.3 is 4.98 Å². The minimum Gasteiger partial charge on any atom is -0.307 e. The molecular formula is C25H33N3O2. The molecule has 3 heterocycles. The van der Waals surface area contributed by atoms with Crippen LogP contribution in [-0.2, 0) is 0 Å². The SMILES string of the molecule is O=c1[nH]c2ccccc2c(=O)n1C1C[C@H]2CCC[C@@H](C1)N2C1C[C@H]2CCC[C@@H](C1)C2. The van der Waals surface area contributed by atoms with Crippen molar-refractivity contribution in [3.8, 4) is 0 Å². The van der Waals surface area contributed by atoms with Crippen LogP contribution in [0.4, 0.5) is 0 Å². The minimum absolute atomic E-state index is 0.0282. The lowest BCUT2D eigenvalue weighted by Crippen LogP contribution is -2.59. The lowest BCUT2D eigenvalue weighted by Gasteiger charge is -2.55. The van der Waals surface area contributed by atoms with Gasteiger partial charge in [0.15, 0.2) is 0 Å². The third-order valence-corrected chi connectivity index (χ3v) is 8.73. The second-order valence-corrected chi connectivity index (χ2v) is 10.5. The molecule has 5 heteroatoms. The highest BCUT2D eigenvalue weighted by Gasteiger charge is 2.45. The lowest BCUT2D eigenvalue weighted by molar-refractivity contribution is -0.0494. The molecule has 5 nitrogen and oxygen atoms in total. The first kappa shape index (κ1) is 18.9. The zero-order valence-electron chi connectivity index (χ0n) is 17.8. The summed E-state index contributed by atoms with van der Waals surface area (Å²) >= 11 is 0. The van der Waals surface area contributed by atoms with Crippen molar-refractivity contribution < 1.29 is 0 Å².